The van der Waals surface area contributed by atoms with Crippen LogP contribution in [0.15, 0.2) is 36.5 Å². The lowest BCUT2D eigenvalue weighted by molar-refractivity contribution is -0.220. The lowest BCUT2D eigenvalue weighted by Crippen LogP contribution is -2.64. The molecule has 0 heterocycles. The summed E-state index contributed by atoms with van der Waals surface area (Å²) in [5.41, 5.74) is 0. The number of hydrogen-bond donors (Lipinski definition) is 9. The second-order valence-electron chi connectivity index (χ2n) is 18.2. The van der Waals surface area contributed by atoms with E-state index in [-0.39, 0.29) is 6.42 Å². The van der Waals surface area contributed by atoms with Crippen LogP contribution < -0.4 is 5.32 Å². The number of unbranched alkanes of at least 4 members (excludes halogenated alkanes) is 25. The summed E-state index contributed by atoms with van der Waals surface area (Å²) >= 11 is 0. The average molecular weight is 932 g/mol. The van der Waals surface area contributed by atoms with Crippen LogP contribution in [0.4, 0.5) is 0 Å². The molecule has 376 valence electrons. The standard InChI is InChI=1S/C50H94NO12P/c1-3-5-7-9-11-13-15-17-19-20-21-22-23-24-25-27-29-31-33-35-37-41(52)39-44(54)51-42(40-62-64(60,61)63-50-48(58)46(56)45(55)47(57)49(50)59)43(53)38-36-34-32-30-28-26-18-16-14-12-10-8-6-4-2/h14,16,28,30,36,38,41-43,45-50,52-53,55-59H,3-13,15,17-27,29,31-35,37,39-40H2,1-2H3,(H,51,54)(H,60,61)/b16-14+,30-28+,38-36+. The molecular formula is C50H94NO12P. The highest BCUT2D eigenvalue weighted by Gasteiger charge is 2.51. The first-order valence-corrected chi connectivity index (χ1v) is 27.0. The monoisotopic (exact) mass is 932 g/mol. The SMILES string of the molecule is CCCCCC/C=C/CC/C=C/CC/C=C/C(O)C(COP(=O)(O)OC1C(O)C(O)C(O)C(O)C1O)NC(=O)CC(O)CCCCCCCCCCCCCCCCCCCCCC. The van der Waals surface area contributed by atoms with Gasteiger partial charge in [-0.3, -0.25) is 13.8 Å². The summed E-state index contributed by atoms with van der Waals surface area (Å²) in [6, 6.07) is -1.26. The number of carbonyl (C=O) groups is 1. The fourth-order valence-electron chi connectivity index (χ4n) is 8.04. The van der Waals surface area contributed by atoms with Gasteiger partial charge in [0.25, 0.3) is 0 Å². The van der Waals surface area contributed by atoms with E-state index < -0.39 is 75.2 Å². The van der Waals surface area contributed by atoms with E-state index in [1.165, 1.54) is 134 Å². The number of phosphoric acid groups is 1. The van der Waals surface area contributed by atoms with E-state index in [0.29, 0.717) is 19.3 Å². The third-order valence-electron chi connectivity index (χ3n) is 12.2. The molecule has 0 saturated heterocycles. The molecule has 8 unspecified atom stereocenters. The number of nitrogens with one attached hydrogen (secondary N) is 1. The number of allylic oxidation sites excluding steroid dienone is 5. The third kappa shape index (κ3) is 30.7. The van der Waals surface area contributed by atoms with Gasteiger partial charge in [-0.05, 0) is 44.9 Å². The molecule has 0 bridgehead atoms. The molecule has 8 atom stereocenters. The number of hydrogen-bond acceptors (Lipinski definition) is 11. The van der Waals surface area contributed by atoms with E-state index in [1.807, 2.05) is 0 Å². The largest absolute Gasteiger partial charge is 0.472 e. The summed E-state index contributed by atoms with van der Waals surface area (Å²) in [6.45, 7) is 3.72. The maximum absolute atomic E-state index is 13.0. The summed E-state index contributed by atoms with van der Waals surface area (Å²) in [7, 11) is -5.15. The van der Waals surface area contributed by atoms with Crippen molar-refractivity contribution in [2.24, 2.45) is 0 Å². The molecule has 14 heteroatoms. The summed E-state index contributed by atoms with van der Waals surface area (Å²) in [5, 5.41) is 74.5. The van der Waals surface area contributed by atoms with E-state index >= 15 is 0 Å². The minimum absolute atomic E-state index is 0.253. The van der Waals surface area contributed by atoms with E-state index in [0.717, 1.165) is 44.9 Å². The number of phosphoric ester groups is 1. The van der Waals surface area contributed by atoms with Gasteiger partial charge in [-0.15, -0.1) is 0 Å². The maximum Gasteiger partial charge on any atom is 0.472 e. The quantitative estimate of drug-likeness (QED) is 0.0159. The van der Waals surface area contributed by atoms with Gasteiger partial charge < -0.3 is 46.0 Å². The van der Waals surface area contributed by atoms with Crippen molar-refractivity contribution < 1.29 is 59.0 Å². The van der Waals surface area contributed by atoms with Crippen LogP contribution >= 0.6 is 7.82 Å². The molecule has 1 saturated carbocycles. The summed E-state index contributed by atoms with van der Waals surface area (Å²) in [4.78, 5) is 23.5. The Morgan fingerprint density at radius 3 is 1.38 bits per heavy atom. The van der Waals surface area contributed by atoms with Crippen LogP contribution in [-0.2, 0) is 18.4 Å². The molecular weight excluding hydrogens is 838 g/mol. The fraction of sp³-hybridized carbons (Fsp3) is 0.860. The fourth-order valence-corrected chi connectivity index (χ4v) is 9.00. The zero-order valence-electron chi connectivity index (χ0n) is 39.9. The highest BCUT2D eigenvalue weighted by molar-refractivity contribution is 7.47. The van der Waals surface area contributed by atoms with E-state index in [4.69, 9.17) is 9.05 Å². The lowest BCUT2D eigenvalue weighted by Gasteiger charge is -2.41. The molecule has 0 aliphatic heterocycles. The van der Waals surface area contributed by atoms with Crippen molar-refractivity contribution >= 4 is 13.7 Å². The van der Waals surface area contributed by atoms with Crippen molar-refractivity contribution in [3.8, 4) is 0 Å². The Labute approximate surface area is 387 Å². The third-order valence-corrected chi connectivity index (χ3v) is 13.2. The second kappa shape index (κ2) is 39.5. The van der Waals surface area contributed by atoms with Gasteiger partial charge in [-0.25, -0.2) is 4.57 Å². The highest BCUT2D eigenvalue weighted by Crippen LogP contribution is 2.47. The second-order valence-corrected chi connectivity index (χ2v) is 19.6. The minimum atomic E-state index is -5.15. The molecule has 1 aliphatic rings. The highest BCUT2D eigenvalue weighted by atomic mass is 31.2. The smallest absolute Gasteiger partial charge is 0.393 e. The van der Waals surface area contributed by atoms with Crippen molar-refractivity contribution in [2.45, 2.75) is 268 Å². The van der Waals surface area contributed by atoms with Gasteiger partial charge in [0, 0.05) is 0 Å². The van der Waals surface area contributed by atoms with E-state index in [9.17, 15) is 50.0 Å². The van der Waals surface area contributed by atoms with Gasteiger partial charge >= 0.3 is 7.82 Å². The molecule has 9 N–H and O–H groups in total. The Kier molecular flexibility index (Phi) is 37.4. The molecule has 0 aromatic carbocycles. The predicted molar refractivity (Wildman–Crippen MR) is 257 cm³/mol. The summed E-state index contributed by atoms with van der Waals surface area (Å²) in [5.74, 6) is -0.605. The molecule has 13 nitrogen and oxygen atoms in total. The van der Waals surface area contributed by atoms with Crippen LogP contribution in [0.2, 0.25) is 0 Å². The number of aliphatic hydroxyl groups excluding tert-OH is 7. The topological polar surface area (TPSA) is 226 Å². The molecule has 0 radical (unpaired) electrons. The Morgan fingerprint density at radius 1 is 0.547 bits per heavy atom. The molecule has 0 aromatic heterocycles. The van der Waals surface area contributed by atoms with Gasteiger partial charge in [-0.1, -0.05) is 198 Å². The van der Waals surface area contributed by atoms with Gasteiger partial charge in [0.05, 0.1) is 31.3 Å². The van der Waals surface area contributed by atoms with Gasteiger partial charge in [-0.2, -0.15) is 0 Å². The van der Waals surface area contributed by atoms with Crippen LogP contribution in [0.3, 0.4) is 0 Å². The van der Waals surface area contributed by atoms with Crippen LogP contribution in [0, 0.1) is 0 Å². The molecule has 1 aliphatic carbocycles. The van der Waals surface area contributed by atoms with Crippen LogP contribution in [0.1, 0.15) is 213 Å². The molecule has 1 rings (SSSR count). The van der Waals surface area contributed by atoms with Crippen molar-refractivity contribution in [1.82, 2.24) is 5.32 Å². The van der Waals surface area contributed by atoms with Crippen LogP contribution in [0.25, 0.3) is 0 Å². The zero-order chi connectivity index (χ0) is 47.3. The predicted octanol–water partition coefficient (Wildman–Crippen LogP) is 9.31. The molecule has 0 spiro atoms. The summed E-state index contributed by atoms with van der Waals surface area (Å²) in [6.07, 6.45) is 32.4. The van der Waals surface area contributed by atoms with Crippen molar-refractivity contribution in [3.05, 3.63) is 36.5 Å². The summed E-state index contributed by atoms with van der Waals surface area (Å²) < 4.78 is 22.9. The molecule has 0 aromatic rings. The Hall–Kier alpha value is -1.48. The number of carbonyl (C=O) groups excluding carboxylic acids is 1. The first kappa shape index (κ1) is 60.5. The van der Waals surface area contributed by atoms with Crippen LogP contribution in [0.5, 0.6) is 0 Å². The maximum atomic E-state index is 13.0. The molecule has 64 heavy (non-hydrogen) atoms. The van der Waals surface area contributed by atoms with Crippen molar-refractivity contribution in [2.75, 3.05) is 6.61 Å². The Bertz CT molecular complexity index is 1240. The Morgan fingerprint density at radius 2 is 0.922 bits per heavy atom. The lowest BCUT2D eigenvalue weighted by atomic mass is 9.85. The van der Waals surface area contributed by atoms with Gasteiger partial charge in [0.1, 0.15) is 36.6 Å². The van der Waals surface area contributed by atoms with Crippen molar-refractivity contribution in [3.63, 3.8) is 0 Å². The number of aliphatic hydroxyl groups is 7. The van der Waals surface area contributed by atoms with E-state index in [2.05, 4.69) is 43.5 Å². The minimum Gasteiger partial charge on any atom is -0.393 e. The first-order chi connectivity index (χ1) is 30.8. The molecule has 1 amide bonds. The van der Waals surface area contributed by atoms with Gasteiger partial charge in [0.2, 0.25) is 5.91 Å². The van der Waals surface area contributed by atoms with Crippen molar-refractivity contribution in [1.29, 1.82) is 0 Å². The first-order valence-electron chi connectivity index (χ1n) is 25.5. The molecule has 1 fully saturated rings. The Balaban J connectivity index is 2.48. The average Bonchev–Trinajstić information content (AvgIpc) is 3.27. The van der Waals surface area contributed by atoms with E-state index in [1.54, 1.807) is 6.08 Å². The normalized spacial score (nSPS) is 23.0. The van der Waals surface area contributed by atoms with Crippen LogP contribution in [-0.4, -0.2) is 108 Å². The van der Waals surface area contributed by atoms with Gasteiger partial charge in [0.15, 0.2) is 0 Å². The zero-order valence-corrected chi connectivity index (χ0v) is 40.8. The number of rotatable bonds is 42. The number of amides is 1.